The molecule has 6 nitrogen and oxygen atoms in total. The lowest BCUT2D eigenvalue weighted by Gasteiger charge is -2.09. The molecule has 140 valence electrons. The molecule has 0 saturated heterocycles. The Labute approximate surface area is 164 Å². The number of benzene rings is 2. The standard InChI is InChI=1S/C20H15FN4O2S/c1-26-15-8-13(9-16(10-15)27-2)12-3-4-17-14(7-12)11-23-20(24-17)28-18-5-6-22-19(21)25-18/h3-11H,1-2H3. The van der Waals surface area contributed by atoms with Gasteiger partial charge in [0.1, 0.15) is 16.5 Å². The SMILES string of the molecule is COc1cc(OC)cc(-c2ccc3nc(Sc4ccnc(F)n4)ncc3c2)c1. The highest BCUT2D eigenvalue weighted by Crippen LogP contribution is 2.32. The van der Waals surface area contributed by atoms with Gasteiger partial charge in [-0.1, -0.05) is 6.07 Å². The predicted octanol–water partition coefficient (Wildman–Crippen LogP) is 4.39. The van der Waals surface area contributed by atoms with Crippen LogP contribution in [0.3, 0.4) is 0 Å². The molecule has 0 aliphatic heterocycles. The minimum absolute atomic E-state index is 0.451. The zero-order valence-corrected chi connectivity index (χ0v) is 15.9. The van der Waals surface area contributed by atoms with Crippen LogP contribution in [0.1, 0.15) is 0 Å². The summed E-state index contributed by atoms with van der Waals surface area (Å²) in [5.74, 6) is 1.43. The third-order valence-corrected chi connectivity index (χ3v) is 4.85. The Morgan fingerprint density at radius 2 is 1.64 bits per heavy atom. The van der Waals surface area contributed by atoms with Crippen LogP contribution in [0.2, 0.25) is 0 Å². The van der Waals surface area contributed by atoms with E-state index in [4.69, 9.17) is 9.47 Å². The van der Waals surface area contributed by atoms with Gasteiger partial charge >= 0.3 is 6.08 Å². The van der Waals surface area contributed by atoms with E-state index in [1.165, 1.54) is 18.0 Å². The third kappa shape index (κ3) is 3.86. The molecule has 8 heteroatoms. The molecule has 2 heterocycles. The van der Waals surface area contributed by atoms with Crippen LogP contribution in [0.25, 0.3) is 22.0 Å². The molecule has 4 rings (SSSR count). The molecule has 0 bridgehead atoms. The molecule has 0 amide bonds. The van der Waals surface area contributed by atoms with E-state index < -0.39 is 6.08 Å². The molecule has 0 aliphatic carbocycles. The molecule has 28 heavy (non-hydrogen) atoms. The Morgan fingerprint density at radius 3 is 2.36 bits per heavy atom. The van der Waals surface area contributed by atoms with Crippen molar-refractivity contribution >= 4 is 22.7 Å². The van der Waals surface area contributed by atoms with Gasteiger partial charge in [-0.2, -0.15) is 9.37 Å². The summed E-state index contributed by atoms with van der Waals surface area (Å²) in [6.07, 6.45) is 2.33. The highest BCUT2D eigenvalue weighted by molar-refractivity contribution is 7.99. The van der Waals surface area contributed by atoms with Crippen LogP contribution < -0.4 is 9.47 Å². The molecule has 0 unspecified atom stereocenters. The molecule has 0 spiro atoms. The van der Waals surface area contributed by atoms with Crippen molar-refractivity contribution in [1.82, 2.24) is 19.9 Å². The topological polar surface area (TPSA) is 70.0 Å². The Kier molecular flexibility index (Phi) is 5.03. The average molecular weight is 394 g/mol. The van der Waals surface area contributed by atoms with Crippen molar-refractivity contribution in [3.05, 3.63) is 60.9 Å². The minimum atomic E-state index is -0.774. The van der Waals surface area contributed by atoms with Gasteiger partial charge in [0.05, 0.1) is 19.7 Å². The molecule has 0 saturated carbocycles. The smallest absolute Gasteiger partial charge is 0.309 e. The Morgan fingerprint density at radius 1 is 0.857 bits per heavy atom. The number of ether oxygens (including phenoxy) is 2. The summed E-state index contributed by atoms with van der Waals surface area (Å²) in [6.45, 7) is 0. The van der Waals surface area contributed by atoms with Gasteiger partial charge in [0.2, 0.25) is 0 Å². The van der Waals surface area contributed by atoms with Crippen molar-refractivity contribution in [1.29, 1.82) is 0 Å². The number of hydrogen-bond acceptors (Lipinski definition) is 7. The van der Waals surface area contributed by atoms with Crippen LogP contribution in [0.5, 0.6) is 11.5 Å². The van der Waals surface area contributed by atoms with Gasteiger partial charge in [0, 0.05) is 23.8 Å². The molecule has 4 aromatic rings. The van der Waals surface area contributed by atoms with Crippen molar-refractivity contribution in [2.75, 3.05) is 14.2 Å². The quantitative estimate of drug-likeness (QED) is 0.367. The maximum Gasteiger partial charge on any atom is 0.309 e. The Hall–Kier alpha value is -3.26. The Balaban J connectivity index is 1.67. The second-order valence-electron chi connectivity index (χ2n) is 5.79. The van der Waals surface area contributed by atoms with Crippen LogP contribution in [0.4, 0.5) is 4.39 Å². The first kappa shape index (κ1) is 18.1. The molecule has 2 aromatic carbocycles. The minimum Gasteiger partial charge on any atom is -0.497 e. The van der Waals surface area contributed by atoms with E-state index >= 15 is 0 Å². The van der Waals surface area contributed by atoms with Gasteiger partial charge in [0.15, 0.2) is 5.16 Å². The summed E-state index contributed by atoms with van der Waals surface area (Å²) < 4.78 is 23.8. The van der Waals surface area contributed by atoms with Crippen LogP contribution in [0.15, 0.2) is 65.0 Å². The van der Waals surface area contributed by atoms with E-state index in [9.17, 15) is 4.39 Å². The van der Waals surface area contributed by atoms with E-state index in [1.807, 2.05) is 36.4 Å². The largest absolute Gasteiger partial charge is 0.497 e. The number of halogens is 1. The van der Waals surface area contributed by atoms with Gasteiger partial charge in [-0.05, 0) is 53.2 Å². The van der Waals surface area contributed by atoms with Gasteiger partial charge in [0.25, 0.3) is 0 Å². The number of rotatable bonds is 5. The highest BCUT2D eigenvalue weighted by Gasteiger charge is 2.08. The lowest BCUT2D eigenvalue weighted by atomic mass is 10.0. The highest BCUT2D eigenvalue weighted by atomic mass is 32.2. The van der Waals surface area contributed by atoms with E-state index in [2.05, 4.69) is 19.9 Å². The maximum atomic E-state index is 13.1. The molecule has 0 radical (unpaired) electrons. The Bertz CT molecular complexity index is 1130. The normalized spacial score (nSPS) is 10.8. The number of aromatic nitrogens is 4. The number of methoxy groups -OCH3 is 2. The van der Waals surface area contributed by atoms with Crippen molar-refractivity contribution in [3.8, 4) is 22.6 Å². The molecular weight excluding hydrogens is 379 g/mol. The molecule has 0 N–H and O–H groups in total. The van der Waals surface area contributed by atoms with E-state index in [-0.39, 0.29) is 0 Å². The maximum absolute atomic E-state index is 13.1. The zero-order chi connectivity index (χ0) is 19.5. The van der Waals surface area contributed by atoms with Gasteiger partial charge < -0.3 is 9.47 Å². The summed E-state index contributed by atoms with van der Waals surface area (Å²) >= 11 is 1.18. The zero-order valence-electron chi connectivity index (χ0n) is 15.1. The van der Waals surface area contributed by atoms with Crippen LogP contribution in [0, 0.1) is 6.08 Å². The first-order chi connectivity index (χ1) is 13.6. The molecule has 2 aromatic heterocycles. The number of hydrogen-bond donors (Lipinski definition) is 0. The molecule has 0 atom stereocenters. The van der Waals surface area contributed by atoms with Crippen LogP contribution in [-0.2, 0) is 0 Å². The van der Waals surface area contributed by atoms with Crippen molar-refractivity contribution in [2.45, 2.75) is 10.2 Å². The summed E-state index contributed by atoms with van der Waals surface area (Å²) in [7, 11) is 3.24. The van der Waals surface area contributed by atoms with Gasteiger partial charge in [-0.25, -0.2) is 15.0 Å². The molecular formula is C20H15FN4O2S. The van der Waals surface area contributed by atoms with E-state index in [1.54, 1.807) is 26.5 Å². The average Bonchev–Trinajstić information content (AvgIpc) is 2.73. The summed E-state index contributed by atoms with van der Waals surface area (Å²) in [4.78, 5) is 16.0. The van der Waals surface area contributed by atoms with Crippen LogP contribution in [-0.4, -0.2) is 34.2 Å². The monoisotopic (exact) mass is 394 g/mol. The fourth-order valence-electron chi connectivity index (χ4n) is 2.69. The lowest BCUT2D eigenvalue weighted by Crippen LogP contribution is -1.92. The first-order valence-corrected chi connectivity index (χ1v) is 9.13. The van der Waals surface area contributed by atoms with Crippen LogP contribution >= 0.6 is 11.8 Å². The van der Waals surface area contributed by atoms with E-state index in [0.29, 0.717) is 10.2 Å². The van der Waals surface area contributed by atoms with Crippen molar-refractivity contribution in [2.24, 2.45) is 0 Å². The van der Waals surface area contributed by atoms with E-state index in [0.717, 1.165) is 33.5 Å². The fraction of sp³-hybridized carbons (Fsp3) is 0.100. The first-order valence-electron chi connectivity index (χ1n) is 8.31. The second kappa shape index (κ2) is 7.77. The van der Waals surface area contributed by atoms with Crippen molar-refractivity contribution < 1.29 is 13.9 Å². The fourth-order valence-corrected chi connectivity index (χ4v) is 3.38. The number of nitrogens with zero attached hydrogens (tertiary/aromatic N) is 4. The lowest BCUT2D eigenvalue weighted by molar-refractivity contribution is 0.394. The van der Waals surface area contributed by atoms with Gasteiger partial charge in [-0.3, -0.25) is 0 Å². The number of fused-ring (bicyclic) bond motifs is 1. The summed E-state index contributed by atoms with van der Waals surface area (Å²) in [5.41, 5.74) is 2.74. The molecule has 0 fully saturated rings. The third-order valence-electron chi connectivity index (χ3n) is 4.04. The molecule has 0 aliphatic rings. The summed E-state index contributed by atoms with van der Waals surface area (Å²) in [6, 6.07) is 13.2. The van der Waals surface area contributed by atoms with Gasteiger partial charge in [-0.15, -0.1) is 0 Å². The predicted molar refractivity (Wildman–Crippen MR) is 104 cm³/mol. The summed E-state index contributed by atoms with van der Waals surface area (Å²) in [5, 5.41) is 1.82. The second-order valence-corrected chi connectivity index (χ2v) is 6.78. The van der Waals surface area contributed by atoms with Crippen molar-refractivity contribution in [3.63, 3.8) is 0 Å².